The van der Waals surface area contributed by atoms with E-state index < -0.39 is 9.04 Å². The summed E-state index contributed by atoms with van der Waals surface area (Å²) in [5, 5.41) is 0. The molecule has 14 heavy (non-hydrogen) atoms. The van der Waals surface area contributed by atoms with Gasteiger partial charge in [0.05, 0.1) is 0 Å². The lowest BCUT2D eigenvalue weighted by Crippen LogP contribution is -2.15. The van der Waals surface area contributed by atoms with E-state index in [1.807, 2.05) is 18.3 Å². The first-order chi connectivity index (χ1) is 6.39. The number of rotatable bonds is 2. The lowest BCUT2D eigenvalue weighted by Gasteiger charge is -2.19. The van der Waals surface area contributed by atoms with Gasteiger partial charge < -0.3 is 4.43 Å². The summed E-state index contributed by atoms with van der Waals surface area (Å²) >= 11 is 0. The molecule has 0 aliphatic carbocycles. The first-order valence-corrected chi connectivity index (χ1v) is 7.25. The molecule has 0 saturated heterocycles. The summed E-state index contributed by atoms with van der Waals surface area (Å²) in [4.78, 5) is 4.20. The van der Waals surface area contributed by atoms with Gasteiger partial charge in [-0.15, -0.1) is 0 Å². The summed E-state index contributed by atoms with van der Waals surface area (Å²) in [5.74, 6) is 0.760. The van der Waals surface area contributed by atoms with Gasteiger partial charge in [0.1, 0.15) is 0 Å². The van der Waals surface area contributed by atoms with Crippen molar-refractivity contribution in [2.24, 2.45) is 0 Å². The summed E-state index contributed by atoms with van der Waals surface area (Å²) in [6.07, 6.45) is 1.82. The molecule has 0 atom stereocenters. The lowest BCUT2D eigenvalue weighted by atomic mass is 9.88. The molecule has 0 aliphatic rings. The van der Waals surface area contributed by atoms with Crippen molar-refractivity contribution in [3.8, 4) is 5.88 Å². The second-order valence-corrected chi connectivity index (χ2v) is 6.66. The van der Waals surface area contributed by atoms with E-state index in [-0.39, 0.29) is 5.41 Å². The summed E-state index contributed by atoms with van der Waals surface area (Å²) in [5.41, 5.74) is 1.43. The third-order valence-electron chi connectivity index (χ3n) is 1.91. The first-order valence-electron chi connectivity index (χ1n) is 4.84. The second kappa shape index (κ2) is 4.13. The topological polar surface area (TPSA) is 22.1 Å². The van der Waals surface area contributed by atoms with Crippen molar-refractivity contribution in [1.29, 1.82) is 0 Å². The maximum Gasteiger partial charge on any atom is 0.276 e. The zero-order valence-electron chi connectivity index (χ0n) is 9.59. The van der Waals surface area contributed by atoms with Gasteiger partial charge in [-0.1, -0.05) is 20.8 Å². The number of hydrogen-bond acceptors (Lipinski definition) is 2. The largest absolute Gasteiger partial charge is 0.530 e. The predicted molar refractivity (Wildman–Crippen MR) is 61.0 cm³/mol. The highest BCUT2D eigenvalue weighted by Gasteiger charge is 2.14. The Kier molecular flexibility index (Phi) is 3.32. The molecule has 0 aliphatic heterocycles. The second-order valence-electron chi connectivity index (χ2n) is 4.64. The molecule has 0 fully saturated rings. The molecule has 1 rings (SSSR count). The van der Waals surface area contributed by atoms with Gasteiger partial charge in [-0.2, -0.15) is 0 Å². The van der Waals surface area contributed by atoms with Gasteiger partial charge in [-0.05, 0) is 30.1 Å². The van der Waals surface area contributed by atoms with E-state index in [1.54, 1.807) is 0 Å². The Labute approximate surface area is 88.1 Å². The van der Waals surface area contributed by atoms with E-state index in [2.05, 4.69) is 38.8 Å². The molecular weight excluding hydrogens is 190 g/mol. The van der Waals surface area contributed by atoms with E-state index in [0.29, 0.717) is 0 Å². The molecule has 0 unspecified atom stereocenters. The van der Waals surface area contributed by atoms with E-state index in [1.165, 1.54) is 5.56 Å². The fourth-order valence-corrected chi connectivity index (χ4v) is 1.67. The van der Waals surface area contributed by atoms with Crippen LogP contribution in [0.15, 0.2) is 18.3 Å². The molecule has 1 radical (unpaired) electrons. The quantitative estimate of drug-likeness (QED) is 0.697. The summed E-state index contributed by atoms with van der Waals surface area (Å²) in [7, 11) is -0.711. The van der Waals surface area contributed by atoms with Crippen LogP contribution in [0.25, 0.3) is 0 Å². The average Bonchev–Trinajstić information content (AvgIpc) is 2.01. The smallest absolute Gasteiger partial charge is 0.276 e. The highest BCUT2D eigenvalue weighted by Crippen LogP contribution is 2.24. The molecule has 0 spiro atoms. The lowest BCUT2D eigenvalue weighted by molar-refractivity contribution is 0.540. The maximum absolute atomic E-state index is 5.64. The Bertz CT molecular complexity index is 304. The normalized spacial score (nSPS) is 11.9. The zero-order chi connectivity index (χ0) is 10.8. The molecule has 2 nitrogen and oxygen atoms in total. The number of pyridine rings is 1. The van der Waals surface area contributed by atoms with Crippen LogP contribution in [0.2, 0.25) is 13.1 Å². The molecule has 0 bridgehead atoms. The Morgan fingerprint density at radius 2 is 1.93 bits per heavy atom. The monoisotopic (exact) mass is 208 g/mol. The van der Waals surface area contributed by atoms with Crippen LogP contribution in [-0.2, 0) is 5.41 Å². The Balaban J connectivity index is 2.90. The molecular formula is C11H18NOSi. The average molecular weight is 208 g/mol. The van der Waals surface area contributed by atoms with Gasteiger partial charge in [0, 0.05) is 12.3 Å². The van der Waals surface area contributed by atoms with Gasteiger partial charge in [0.15, 0.2) is 5.88 Å². The zero-order valence-corrected chi connectivity index (χ0v) is 10.6. The molecule has 1 heterocycles. The molecule has 0 saturated carbocycles. The Hall–Kier alpha value is -0.833. The minimum atomic E-state index is -0.711. The molecule has 1 aromatic heterocycles. The van der Waals surface area contributed by atoms with Crippen molar-refractivity contribution in [1.82, 2.24) is 4.98 Å². The highest BCUT2D eigenvalue weighted by molar-refractivity contribution is 6.49. The van der Waals surface area contributed by atoms with Gasteiger partial charge in [-0.3, -0.25) is 0 Å². The van der Waals surface area contributed by atoms with Crippen molar-refractivity contribution in [3.63, 3.8) is 0 Å². The molecule has 0 N–H and O–H groups in total. The van der Waals surface area contributed by atoms with Crippen molar-refractivity contribution in [2.75, 3.05) is 0 Å². The molecule has 0 aromatic carbocycles. The Morgan fingerprint density at radius 3 is 2.43 bits per heavy atom. The Morgan fingerprint density at radius 1 is 1.29 bits per heavy atom. The van der Waals surface area contributed by atoms with Gasteiger partial charge in [0.2, 0.25) is 0 Å². The first kappa shape index (κ1) is 11.2. The standard InChI is InChI=1S/C11H18NOSi/c1-11(2,3)9-6-7-12-10(8-9)13-14(4)5/h6-8H,1-5H3. The fraction of sp³-hybridized carbons (Fsp3) is 0.545. The highest BCUT2D eigenvalue weighted by atomic mass is 28.3. The van der Waals surface area contributed by atoms with Crippen LogP contribution in [0.3, 0.4) is 0 Å². The minimum absolute atomic E-state index is 0.162. The molecule has 0 amide bonds. The summed E-state index contributed by atoms with van der Waals surface area (Å²) in [6.45, 7) is 10.8. The molecule has 1 aromatic rings. The predicted octanol–water partition coefficient (Wildman–Crippen LogP) is 3.01. The van der Waals surface area contributed by atoms with Crippen LogP contribution < -0.4 is 4.43 Å². The van der Waals surface area contributed by atoms with Crippen molar-refractivity contribution in [3.05, 3.63) is 23.9 Å². The fourth-order valence-electron chi connectivity index (χ4n) is 1.14. The van der Waals surface area contributed by atoms with E-state index in [0.717, 1.165) is 5.88 Å². The SMILES string of the molecule is C[Si](C)Oc1cc(C(C)(C)C)ccn1. The molecule has 77 valence electrons. The van der Waals surface area contributed by atoms with Crippen LogP contribution in [0.5, 0.6) is 5.88 Å². The summed E-state index contributed by atoms with van der Waals surface area (Å²) in [6, 6.07) is 4.09. The van der Waals surface area contributed by atoms with Crippen LogP contribution >= 0.6 is 0 Å². The van der Waals surface area contributed by atoms with Crippen LogP contribution in [-0.4, -0.2) is 14.0 Å². The van der Waals surface area contributed by atoms with Crippen LogP contribution in [0.1, 0.15) is 26.3 Å². The van der Waals surface area contributed by atoms with Crippen molar-refractivity contribution >= 4 is 9.04 Å². The van der Waals surface area contributed by atoms with E-state index in [4.69, 9.17) is 4.43 Å². The van der Waals surface area contributed by atoms with Crippen molar-refractivity contribution in [2.45, 2.75) is 39.3 Å². The third-order valence-corrected chi connectivity index (χ3v) is 2.53. The van der Waals surface area contributed by atoms with E-state index >= 15 is 0 Å². The summed E-state index contributed by atoms with van der Waals surface area (Å²) < 4.78 is 5.64. The van der Waals surface area contributed by atoms with Crippen LogP contribution in [0.4, 0.5) is 0 Å². The van der Waals surface area contributed by atoms with E-state index in [9.17, 15) is 0 Å². The maximum atomic E-state index is 5.64. The third kappa shape index (κ3) is 3.14. The number of aromatic nitrogens is 1. The minimum Gasteiger partial charge on any atom is -0.530 e. The number of nitrogens with zero attached hydrogens (tertiary/aromatic N) is 1. The van der Waals surface area contributed by atoms with Crippen molar-refractivity contribution < 1.29 is 4.43 Å². The van der Waals surface area contributed by atoms with Crippen LogP contribution in [0, 0.1) is 0 Å². The van der Waals surface area contributed by atoms with Gasteiger partial charge in [0.25, 0.3) is 9.04 Å². The molecule has 3 heteroatoms. The number of hydrogen-bond donors (Lipinski definition) is 0. The van der Waals surface area contributed by atoms with Gasteiger partial charge >= 0.3 is 0 Å². The van der Waals surface area contributed by atoms with Gasteiger partial charge in [-0.25, -0.2) is 4.98 Å².